The van der Waals surface area contributed by atoms with Crippen LogP contribution in [0.2, 0.25) is 0 Å². The van der Waals surface area contributed by atoms with E-state index in [1.165, 1.54) is 12.1 Å². The van der Waals surface area contributed by atoms with E-state index in [-0.39, 0.29) is 5.75 Å². The lowest BCUT2D eigenvalue weighted by molar-refractivity contribution is -0.0375. The van der Waals surface area contributed by atoms with Gasteiger partial charge in [0.05, 0.1) is 0 Å². The molecule has 166 valence electrons. The zero-order valence-corrected chi connectivity index (χ0v) is 20.0. The highest BCUT2D eigenvalue weighted by molar-refractivity contribution is 14.2. The summed E-state index contributed by atoms with van der Waals surface area (Å²) in [5, 5.41) is 0. The second kappa shape index (κ2) is 9.48. The molecular formula is C19H14F3INO4S3-. The summed E-state index contributed by atoms with van der Waals surface area (Å²) in [5.41, 5.74) is -5.30. The third-order valence-corrected chi connectivity index (χ3v) is 13.3. The van der Waals surface area contributed by atoms with Gasteiger partial charge in [-0.1, -0.05) is 36.4 Å². The Morgan fingerprint density at radius 1 is 0.774 bits per heavy atom. The fraction of sp³-hybridized carbons (Fsp3) is 0.0526. The number of hydrogen-bond donors (Lipinski definition) is 0. The second-order valence-corrected chi connectivity index (χ2v) is 14.9. The summed E-state index contributed by atoms with van der Waals surface area (Å²) in [6, 6.07) is 25.4. The molecular weight excluding hydrogens is 586 g/mol. The first-order chi connectivity index (χ1) is 14.5. The Kier molecular flexibility index (Phi) is 7.35. The van der Waals surface area contributed by atoms with Crippen molar-refractivity contribution in [1.82, 2.24) is 0 Å². The van der Waals surface area contributed by atoms with Gasteiger partial charge in [0, 0.05) is 25.7 Å². The van der Waals surface area contributed by atoms with Crippen molar-refractivity contribution in [2.24, 2.45) is 0 Å². The van der Waals surface area contributed by atoms with E-state index in [0.29, 0.717) is 0 Å². The molecule has 0 radical (unpaired) electrons. The topological polar surface area (TPSA) is 74.5 Å². The molecule has 0 spiro atoms. The summed E-state index contributed by atoms with van der Waals surface area (Å²) in [5.74, 6) is -0.244. The molecule has 3 aromatic carbocycles. The maximum atomic E-state index is 12.3. The van der Waals surface area contributed by atoms with Crippen LogP contribution >= 0.6 is 28.4 Å². The van der Waals surface area contributed by atoms with Crippen molar-refractivity contribution < 1.29 is 30.0 Å². The van der Waals surface area contributed by atoms with E-state index in [4.69, 9.17) is 0 Å². The molecule has 12 heteroatoms. The van der Waals surface area contributed by atoms with E-state index >= 15 is 0 Å². The van der Waals surface area contributed by atoms with Crippen molar-refractivity contribution in [3.63, 3.8) is 0 Å². The van der Waals surface area contributed by atoms with Crippen molar-refractivity contribution in [3.05, 3.63) is 89.1 Å². The largest absolute Gasteiger partial charge is 0.453 e. The quantitative estimate of drug-likeness (QED) is 0.291. The molecule has 0 saturated heterocycles. The Bertz CT molecular complexity index is 1120. The molecule has 1 unspecified atom stereocenters. The number of nitrogens with zero attached hydrogens (tertiary/aromatic N) is 1. The van der Waals surface area contributed by atoms with Gasteiger partial charge in [0.1, 0.15) is 5.75 Å². The van der Waals surface area contributed by atoms with Crippen LogP contribution in [0.15, 0.2) is 99.6 Å². The Balaban J connectivity index is 1.92. The summed E-state index contributed by atoms with van der Waals surface area (Å²) >= 11 is 2.38. The first-order valence-corrected chi connectivity index (χ1v) is 15.1. The van der Waals surface area contributed by atoms with Crippen LogP contribution in [0, 0.1) is 0 Å². The molecule has 0 aliphatic rings. The average molecular weight is 600 g/mol. The van der Waals surface area contributed by atoms with Crippen molar-refractivity contribution in [2.75, 3.05) is 0 Å². The Labute approximate surface area is 193 Å². The van der Waals surface area contributed by atoms with E-state index < -0.39 is 34.0 Å². The summed E-state index contributed by atoms with van der Waals surface area (Å²) in [6.45, 7) is 0. The van der Waals surface area contributed by atoms with Gasteiger partial charge in [0.15, 0.2) is 0 Å². The summed E-state index contributed by atoms with van der Waals surface area (Å²) in [4.78, 5) is 2.98. The van der Waals surface area contributed by atoms with Crippen molar-refractivity contribution in [1.29, 1.82) is 0 Å². The lowest BCUT2D eigenvalue weighted by Gasteiger charge is -2.35. The number of alkyl halides is 3. The first kappa shape index (κ1) is 24.0. The fourth-order valence-electron chi connectivity index (χ4n) is 2.57. The minimum absolute atomic E-state index is 0.244. The average Bonchev–Trinajstić information content (AvgIpc) is 2.73. The molecule has 0 amide bonds. The molecule has 3 rings (SSSR count). The molecule has 1 atom stereocenters. The minimum atomic E-state index is -5.30. The third-order valence-electron chi connectivity index (χ3n) is 3.84. The summed E-state index contributed by atoms with van der Waals surface area (Å²) in [6.07, 6.45) is 0. The highest BCUT2D eigenvalue weighted by atomic mass is 127. The van der Waals surface area contributed by atoms with E-state index in [2.05, 4.69) is 29.5 Å². The van der Waals surface area contributed by atoms with E-state index in [0.717, 1.165) is 14.7 Å². The number of halogens is 4. The molecule has 5 nitrogen and oxygen atoms in total. The molecule has 0 saturated carbocycles. The molecule has 31 heavy (non-hydrogen) atoms. The van der Waals surface area contributed by atoms with Crippen LogP contribution in [0.25, 0.3) is 4.13 Å². The lowest BCUT2D eigenvalue weighted by Crippen LogP contribution is -2.19. The summed E-state index contributed by atoms with van der Waals surface area (Å²) < 4.78 is 78.1. The van der Waals surface area contributed by atoms with Crippen LogP contribution in [-0.2, 0) is 21.3 Å². The number of rotatable bonds is 7. The van der Waals surface area contributed by atoms with Crippen molar-refractivity contribution in [3.8, 4) is 5.75 Å². The maximum Gasteiger partial charge on any atom is 0.453 e. The van der Waals surface area contributed by atoms with Gasteiger partial charge >= 0.3 is 5.51 Å². The normalized spacial score (nSPS) is 14.1. The van der Waals surface area contributed by atoms with Gasteiger partial charge in [0.25, 0.3) is 0 Å². The van der Waals surface area contributed by atoms with Crippen LogP contribution < -0.4 is 4.18 Å². The number of benzene rings is 3. The number of hydrogen-bond acceptors (Lipinski definition) is 4. The Morgan fingerprint density at radius 2 is 1.19 bits per heavy atom. The monoisotopic (exact) mass is 600 g/mol. The Morgan fingerprint density at radius 3 is 1.61 bits per heavy atom. The molecule has 0 bridgehead atoms. The third kappa shape index (κ3) is 5.80. The van der Waals surface area contributed by atoms with Crippen molar-refractivity contribution in [2.45, 2.75) is 20.2 Å². The van der Waals surface area contributed by atoms with Gasteiger partial charge in [0.2, 0.25) is 10.3 Å². The molecule has 0 aromatic heterocycles. The van der Waals surface area contributed by atoms with Gasteiger partial charge in [-0.3, -0.25) is 4.21 Å². The smallest absolute Gasteiger partial charge is 0.421 e. The standard InChI is InChI=1S/C19H14F3INO4S3/c20-19(21,22)29(25)24-31(26,27)28-15-11-13-18(14-12-15)30(23,16-7-3-1-4-8-16)17-9-5-2-6-10-17/h1-14H/q-1. The highest BCUT2D eigenvalue weighted by Crippen LogP contribution is 2.74. The van der Waals surface area contributed by atoms with Gasteiger partial charge in [-0.15, -0.1) is 7.20 Å². The SMILES string of the molecule is O=S([N-]S(=O)(=O)Oc1ccc(S(I)(c2ccccc2)c2ccccc2)cc1)C(F)(F)F. The fourth-order valence-corrected chi connectivity index (χ4v) is 9.08. The molecule has 0 aliphatic heterocycles. The van der Waals surface area contributed by atoms with Gasteiger partial charge in [-0.25, -0.2) is 8.42 Å². The van der Waals surface area contributed by atoms with Crippen LogP contribution in [0.3, 0.4) is 0 Å². The molecule has 3 aromatic rings. The van der Waals surface area contributed by atoms with Crippen LogP contribution in [-0.4, -0.2) is 18.1 Å². The van der Waals surface area contributed by atoms with Crippen LogP contribution in [0.5, 0.6) is 5.75 Å². The van der Waals surface area contributed by atoms with Gasteiger partial charge < -0.3 is 8.31 Å². The van der Waals surface area contributed by atoms with Crippen LogP contribution in [0.4, 0.5) is 13.2 Å². The summed E-state index contributed by atoms with van der Waals surface area (Å²) in [7, 11) is -10.7. The van der Waals surface area contributed by atoms with Crippen LogP contribution in [0.1, 0.15) is 0 Å². The first-order valence-electron chi connectivity index (χ1n) is 8.42. The lowest BCUT2D eigenvalue weighted by atomic mass is 10.3. The van der Waals surface area contributed by atoms with Gasteiger partial charge in [-0.2, -0.15) is 13.2 Å². The molecule has 0 heterocycles. The predicted molar refractivity (Wildman–Crippen MR) is 123 cm³/mol. The molecule has 0 fully saturated rings. The minimum Gasteiger partial charge on any atom is -0.421 e. The molecule has 0 aliphatic carbocycles. The molecule has 0 N–H and O–H groups in total. The van der Waals surface area contributed by atoms with E-state index in [9.17, 15) is 25.8 Å². The van der Waals surface area contributed by atoms with Crippen molar-refractivity contribution >= 4 is 49.7 Å². The van der Waals surface area contributed by atoms with E-state index in [1.54, 1.807) is 12.1 Å². The van der Waals surface area contributed by atoms with E-state index in [1.807, 2.05) is 60.7 Å². The maximum absolute atomic E-state index is 12.3. The zero-order chi connectivity index (χ0) is 22.7. The van der Waals surface area contributed by atoms with Gasteiger partial charge in [-0.05, 0) is 69.7 Å². The highest BCUT2D eigenvalue weighted by Gasteiger charge is 2.32. The second-order valence-electron chi connectivity index (χ2n) is 5.92. The zero-order valence-electron chi connectivity index (χ0n) is 15.4. The predicted octanol–water partition coefficient (Wildman–Crippen LogP) is 6.50. The Hall–Kier alpha value is -1.61.